The third-order valence-electron chi connectivity index (χ3n) is 3.47. The van der Waals surface area contributed by atoms with Crippen molar-refractivity contribution in [1.82, 2.24) is 5.32 Å². The summed E-state index contributed by atoms with van der Waals surface area (Å²) in [6.45, 7) is 11.4. The fraction of sp³-hybridized carbons (Fsp3) is 0.533. The number of benzene rings is 1. The van der Waals surface area contributed by atoms with Gasteiger partial charge in [0, 0.05) is 16.6 Å². The van der Waals surface area contributed by atoms with Gasteiger partial charge < -0.3 is 5.32 Å². The number of amides is 1. The molecule has 0 spiro atoms. The van der Waals surface area contributed by atoms with E-state index >= 15 is 0 Å². The topological polar surface area (TPSA) is 29.1 Å². The average Bonchev–Trinajstić information content (AvgIpc) is 2.27. The SMILES string of the molecule is Cc1cc(C(=O)NCC(C)C(C)(C)C)ccc1Br. The average molecular weight is 312 g/mol. The number of halogens is 1. The molecule has 0 saturated carbocycles. The zero-order chi connectivity index (χ0) is 13.9. The first kappa shape index (κ1) is 15.2. The van der Waals surface area contributed by atoms with Crippen LogP contribution >= 0.6 is 15.9 Å². The molecule has 1 amide bonds. The molecule has 1 N–H and O–H groups in total. The van der Waals surface area contributed by atoms with E-state index in [1.165, 1.54) is 0 Å². The van der Waals surface area contributed by atoms with Crippen molar-refractivity contribution in [1.29, 1.82) is 0 Å². The van der Waals surface area contributed by atoms with Crippen LogP contribution in [0.15, 0.2) is 22.7 Å². The number of hydrogen-bond donors (Lipinski definition) is 1. The summed E-state index contributed by atoms with van der Waals surface area (Å²) in [5, 5.41) is 3.00. The van der Waals surface area contributed by atoms with Crippen LogP contribution in [-0.4, -0.2) is 12.5 Å². The maximum atomic E-state index is 12.0. The molecule has 2 nitrogen and oxygen atoms in total. The maximum Gasteiger partial charge on any atom is 0.251 e. The van der Waals surface area contributed by atoms with E-state index in [0.29, 0.717) is 12.5 Å². The minimum Gasteiger partial charge on any atom is -0.352 e. The molecule has 0 saturated heterocycles. The van der Waals surface area contributed by atoms with Gasteiger partial charge in [0.15, 0.2) is 0 Å². The molecule has 0 aliphatic rings. The summed E-state index contributed by atoms with van der Waals surface area (Å²) in [4.78, 5) is 12.0. The van der Waals surface area contributed by atoms with E-state index in [1.54, 1.807) is 0 Å². The number of aryl methyl sites for hydroxylation is 1. The van der Waals surface area contributed by atoms with Crippen LogP contribution in [0, 0.1) is 18.3 Å². The Hall–Kier alpha value is -0.830. The van der Waals surface area contributed by atoms with Crippen molar-refractivity contribution >= 4 is 21.8 Å². The van der Waals surface area contributed by atoms with Gasteiger partial charge >= 0.3 is 0 Å². The van der Waals surface area contributed by atoms with Crippen LogP contribution in [0.1, 0.15) is 43.6 Å². The number of rotatable bonds is 3. The van der Waals surface area contributed by atoms with Crippen molar-refractivity contribution in [3.05, 3.63) is 33.8 Å². The highest BCUT2D eigenvalue weighted by Gasteiger charge is 2.20. The Bertz CT molecular complexity index is 435. The van der Waals surface area contributed by atoms with Gasteiger partial charge in [0.1, 0.15) is 0 Å². The maximum absolute atomic E-state index is 12.0. The Kier molecular flexibility index (Phi) is 4.97. The Morgan fingerprint density at radius 2 is 2.00 bits per heavy atom. The first-order valence-electron chi connectivity index (χ1n) is 6.26. The summed E-state index contributed by atoms with van der Waals surface area (Å²) in [5.41, 5.74) is 2.01. The third-order valence-corrected chi connectivity index (χ3v) is 4.36. The van der Waals surface area contributed by atoms with E-state index in [1.807, 2.05) is 25.1 Å². The van der Waals surface area contributed by atoms with E-state index in [4.69, 9.17) is 0 Å². The molecular formula is C15H22BrNO. The molecule has 0 aliphatic carbocycles. The molecule has 1 unspecified atom stereocenters. The van der Waals surface area contributed by atoms with Crippen LogP contribution in [-0.2, 0) is 0 Å². The van der Waals surface area contributed by atoms with Gasteiger partial charge in [-0.25, -0.2) is 0 Å². The molecular weight excluding hydrogens is 290 g/mol. The van der Waals surface area contributed by atoms with Gasteiger partial charge in [-0.05, 0) is 42.0 Å². The molecule has 0 aliphatic heterocycles. The molecule has 3 heteroatoms. The number of carbonyl (C=O) groups excluding carboxylic acids is 1. The van der Waals surface area contributed by atoms with Gasteiger partial charge in [-0.15, -0.1) is 0 Å². The standard InChI is InChI=1S/C15H22BrNO/c1-10-8-12(6-7-13(10)16)14(18)17-9-11(2)15(3,4)5/h6-8,11H,9H2,1-5H3,(H,17,18). The summed E-state index contributed by atoms with van der Waals surface area (Å²) in [7, 11) is 0. The fourth-order valence-electron chi connectivity index (χ4n) is 1.44. The molecule has 0 aromatic heterocycles. The molecule has 1 rings (SSSR count). The Morgan fingerprint density at radius 3 is 2.50 bits per heavy atom. The molecule has 0 fully saturated rings. The number of nitrogens with one attached hydrogen (secondary N) is 1. The van der Waals surface area contributed by atoms with Crippen molar-refractivity contribution in [3.8, 4) is 0 Å². The molecule has 100 valence electrons. The lowest BCUT2D eigenvalue weighted by atomic mass is 9.82. The van der Waals surface area contributed by atoms with Gasteiger partial charge in [-0.2, -0.15) is 0 Å². The zero-order valence-electron chi connectivity index (χ0n) is 11.8. The van der Waals surface area contributed by atoms with E-state index in [9.17, 15) is 4.79 Å². The van der Waals surface area contributed by atoms with Crippen LogP contribution in [0.25, 0.3) is 0 Å². The Morgan fingerprint density at radius 1 is 1.39 bits per heavy atom. The highest BCUT2D eigenvalue weighted by Crippen LogP contribution is 2.24. The Labute approximate surface area is 118 Å². The van der Waals surface area contributed by atoms with Gasteiger partial charge in [0.25, 0.3) is 5.91 Å². The van der Waals surface area contributed by atoms with E-state index in [2.05, 4.69) is 48.9 Å². The second-order valence-electron chi connectivity index (χ2n) is 5.94. The number of carbonyl (C=O) groups is 1. The van der Waals surface area contributed by atoms with Crippen molar-refractivity contribution < 1.29 is 4.79 Å². The van der Waals surface area contributed by atoms with Crippen molar-refractivity contribution in [2.24, 2.45) is 11.3 Å². The molecule has 0 bridgehead atoms. The largest absolute Gasteiger partial charge is 0.352 e. The molecule has 1 aromatic carbocycles. The van der Waals surface area contributed by atoms with E-state index in [0.717, 1.165) is 15.6 Å². The first-order valence-corrected chi connectivity index (χ1v) is 7.05. The smallest absolute Gasteiger partial charge is 0.251 e. The third kappa shape index (κ3) is 4.13. The quantitative estimate of drug-likeness (QED) is 0.892. The predicted octanol–water partition coefficient (Wildman–Crippen LogP) is 4.17. The predicted molar refractivity (Wildman–Crippen MR) is 79.8 cm³/mol. The van der Waals surface area contributed by atoms with Gasteiger partial charge in [-0.3, -0.25) is 4.79 Å². The number of hydrogen-bond acceptors (Lipinski definition) is 1. The minimum absolute atomic E-state index is 0.00157. The fourth-order valence-corrected chi connectivity index (χ4v) is 1.69. The van der Waals surface area contributed by atoms with Crippen LogP contribution in [0.5, 0.6) is 0 Å². The molecule has 1 aromatic rings. The van der Waals surface area contributed by atoms with E-state index in [-0.39, 0.29) is 11.3 Å². The highest BCUT2D eigenvalue weighted by molar-refractivity contribution is 9.10. The van der Waals surface area contributed by atoms with Gasteiger partial charge in [0.2, 0.25) is 0 Å². The summed E-state index contributed by atoms with van der Waals surface area (Å²) < 4.78 is 1.03. The van der Waals surface area contributed by atoms with Crippen LogP contribution < -0.4 is 5.32 Å². The Balaban J connectivity index is 2.63. The van der Waals surface area contributed by atoms with Crippen LogP contribution in [0.3, 0.4) is 0 Å². The zero-order valence-corrected chi connectivity index (χ0v) is 13.4. The highest BCUT2D eigenvalue weighted by atomic mass is 79.9. The lowest BCUT2D eigenvalue weighted by Gasteiger charge is -2.27. The molecule has 18 heavy (non-hydrogen) atoms. The van der Waals surface area contributed by atoms with Crippen LogP contribution in [0.4, 0.5) is 0 Å². The first-order chi connectivity index (χ1) is 8.21. The summed E-state index contributed by atoms with van der Waals surface area (Å²) in [6, 6.07) is 5.66. The van der Waals surface area contributed by atoms with Gasteiger partial charge in [0.05, 0.1) is 0 Å². The van der Waals surface area contributed by atoms with E-state index < -0.39 is 0 Å². The second-order valence-corrected chi connectivity index (χ2v) is 6.80. The summed E-state index contributed by atoms with van der Waals surface area (Å²) >= 11 is 3.44. The second kappa shape index (κ2) is 5.87. The monoisotopic (exact) mass is 311 g/mol. The van der Waals surface area contributed by atoms with Crippen molar-refractivity contribution in [2.45, 2.75) is 34.6 Å². The minimum atomic E-state index is 0.00157. The lowest BCUT2D eigenvalue weighted by molar-refractivity contribution is 0.0937. The summed E-state index contributed by atoms with van der Waals surface area (Å²) in [6.07, 6.45) is 0. The molecule has 0 radical (unpaired) electrons. The van der Waals surface area contributed by atoms with Gasteiger partial charge in [-0.1, -0.05) is 43.6 Å². The van der Waals surface area contributed by atoms with Crippen LogP contribution in [0.2, 0.25) is 0 Å². The normalized spacial score (nSPS) is 13.2. The van der Waals surface area contributed by atoms with Crippen molar-refractivity contribution in [3.63, 3.8) is 0 Å². The lowest BCUT2D eigenvalue weighted by Crippen LogP contribution is -2.33. The van der Waals surface area contributed by atoms with Crippen molar-refractivity contribution in [2.75, 3.05) is 6.54 Å². The molecule has 0 heterocycles. The molecule has 1 atom stereocenters. The summed E-state index contributed by atoms with van der Waals surface area (Å²) in [5.74, 6) is 0.444.